The number of rotatable bonds is 2. The number of nitrogens with one attached hydrogen (secondary N) is 1. The van der Waals surface area contributed by atoms with Crippen LogP contribution in [0.15, 0.2) is 4.42 Å². The van der Waals surface area contributed by atoms with Gasteiger partial charge in [-0.25, -0.2) is 9.78 Å². The minimum Gasteiger partial charge on any atom is -0.444 e. The van der Waals surface area contributed by atoms with Crippen LogP contribution < -0.4 is 5.32 Å². The molecule has 0 spiro atoms. The van der Waals surface area contributed by atoms with Crippen molar-refractivity contribution in [2.24, 2.45) is 5.92 Å². The predicted octanol–water partition coefficient (Wildman–Crippen LogP) is 0.506. The van der Waals surface area contributed by atoms with Gasteiger partial charge in [0.2, 0.25) is 17.7 Å². The van der Waals surface area contributed by atoms with Gasteiger partial charge < -0.3 is 4.42 Å². The van der Waals surface area contributed by atoms with Gasteiger partial charge >= 0.3 is 6.03 Å². The number of aryl methyl sites for hydroxylation is 2. The van der Waals surface area contributed by atoms with Crippen LogP contribution in [0.3, 0.4) is 0 Å². The number of imide groups is 2. The predicted molar refractivity (Wildman–Crippen MR) is 59.2 cm³/mol. The molecule has 0 aromatic carbocycles. The molecule has 1 aliphatic rings. The zero-order valence-electron chi connectivity index (χ0n) is 10.3. The van der Waals surface area contributed by atoms with E-state index in [9.17, 15) is 14.4 Å². The highest BCUT2D eigenvalue weighted by Crippen LogP contribution is 2.15. The van der Waals surface area contributed by atoms with Gasteiger partial charge in [-0.3, -0.25) is 19.8 Å². The molecule has 0 radical (unpaired) electrons. The molecule has 0 saturated carbocycles. The number of nitrogens with zero attached hydrogens (tertiary/aromatic N) is 2. The van der Waals surface area contributed by atoms with Crippen LogP contribution in [0.2, 0.25) is 0 Å². The first-order valence-electron chi connectivity index (χ1n) is 5.49. The third-order valence-electron chi connectivity index (χ3n) is 2.87. The third kappa shape index (κ3) is 1.99. The highest BCUT2D eigenvalue weighted by molar-refractivity contribution is 6.15. The number of hydrogen-bond acceptors (Lipinski definition) is 5. The standard InChI is InChI=1S/C11H13N3O4/c1-5-9(15)13-11(17)14(10(5)16)4-8-12-6(2)7(3)18-8/h5H,4H2,1-3H3,(H,13,15,17). The first-order valence-corrected chi connectivity index (χ1v) is 5.49. The number of hydrogen-bond donors (Lipinski definition) is 1. The second-order valence-corrected chi connectivity index (χ2v) is 4.19. The molecule has 1 atom stereocenters. The van der Waals surface area contributed by atoms with Crippen LogP contribution in [0.1, 0.15) is 24.3 Å². The summed E-state index contributed by atoms with van der Waals surface area (Å²) in [5.41, 5.74) is 0.707. The van der Waals surface area contributed by atoms with E-state index in [0.717, 1.165) is 4.90 Å². The van der Waals surface area contributed by atoms with Crippen LogP contribution in [-0.4, -0.2) is 27.7 Å². The van der Waals surface area contributed by atoms with Crippen LogP contribution in [0, 0.1) is 19.8 Å². The molecule has 1 aromatic rings. The first kappa shape index (κ1) is 12.3. The summed E-state index contributed by atoms with van der Waals surface area (Å²) >= 11 is 0. The summed E-state index contributed by atoms with van der Waals surface area (Å²) < 4.78 is 5.31. The lowest BCUT2D eigenvalue weighted by Crippen LogP contribution is -2.56. The van der Waals surface area contributed by atoms with Gasteiger partial charge in [0.05, 0.1) is 5.69 Å². The molecule has 1 unspecified atom stereocenters. The molecule has 4 amide bonds. The molecule has 96 valence electrons. The molecule has 1 aliphatic heterocycles. The lowest BCUT2D eigenvalue weighted by molar-refractivity contribution is -0.142. The zero-order valence-corrected chi connectivity index (χ0v) is 10.3. The van der Waals surface area contributed by atoms with Gasteiger partial charge in [0.15, 0.2) is 0 Å². The Bertz CT molecular complexity index is 515. The van der Waals surface area contributed by atoms with Gasteiger partial charge in [0.25, 0.3) is 0 Å². The molecular weight excluding hydrogens is 238 g/mol. The van der Waals surface area contributed by atoms with Crippen molar-refractivity contribution in [2.45, 2.75) is 27.3 Å². The molecule has 1 N–H and O–H groups in total. The van der Waals surface area contributed by atoms with Crippen molar-refractivity contribution in [3.05, 3.63) is 17.3 Å². The first-order chi connectivity index (χ1) is 8.40. The Morgan fingerprint density at radius 2 is 2.00 bits per heavy atom. The maximum absolute atomic E-state index is 11.8. The summed E-state index contributed by atoms with van der Waals surface area (Å²) in [6, 6.07) is -0.739. The Hall–Kier alpha value is -2.18. The second kappa shape index (κ2) is 4.25. The maximum atomic E-state index is 11.8. The van der Waals surface area contributed by atoms with Crippen molar-refractivity contribution >= 4 is 17.8 Å². The van der Waals surface area contributed by atoms with Crippen LogP contribution in [0.4, 0.5) is 4.79 Å². The Labute approximate surface area is 103 Å². The van der Waals surface area contributed by atoms with E-state index in [1.807, 2.05) is 0 Å². The molecule has 7 heteroatoms. The SMILES string of the molecule is Cc1nc(CN2C(=O)NC(=O)C(C)C2=O)oc1C. The Morgan fingerprint density at radius 1 is 1.33 bits per heavy atom. The van der Waals surface area contributed by atoms with Gasteiger partial charge in [-0.05, 0) is 20.8 Å². The Morgan fingerprint density at radius 3 is 2.56 bits per heavy atom. The fraction of sp³-hybridized carbons (Fsp3) is 0.455. The molecule has 1 saturated heterocycles. The summed E-state index contributed by atoms with van der Waals surface area (Å²) in [4.78, 5) is 39.6. The van der Waals surface area contributed by atoms with Crippen molar-refractivity contribution in [3.63, 3.8) is 0 Å². The number of barbiturate groups is 1. The number of carbonyl (C=O) groups is 3. The van der Waals surface area contributed by atoms with E-state index in [4.69, 9.17) is 4.42 Å². The van der Waals surface area contributed by atoms with Crippen molar-refractivity contribution in [1.82, 2.24) is 15.2 Å². The van der Waals surface area contributed by atoms with E-state index in [0.29, 0.717) is 11.5 Å². The average Bonchev–Trinajstić information content (AvgIpc) is 2.61. The summed E-state index contributed by atoms with van der Waals surface area (Å²) in [6.45, 7) is 4.89. The van der Waals surface area contributed by atoms with Gasteiger partial charge in [-0.2, -0.15) is 0 Å². The highest BCUT2D eigenvalue weighted by atomic mass is 16.4. The number of urea groups is 1. The van der Waals surface area contributed by atoms with E-state index in [2.05, 4.69) is 10.3 Å². The number of aromatic nitrogens is 1. The van der Waals surface area contributed by atoms with Gasteiger partial charge in [-0.15, -0.1) is 0 Å². The number of carbonyl (C=O) groups excluding carboxylic acids is 3. The summed E-state index contributed by atoms with van der Waals surface area (Å²) in [6.07, 6.45) is 0. The van der Waals surface area contributed by atoms with Gasteiger partial charge in [0, 0.05) is 0 Å². The van der Waals surface area contributed by atoms with E-state index in [-0.39, 0.29) is 12.4 Å². The monoisotopic (exact) mass is 251 g/mol. The normalized spacial score (nSPS) is 20.3. The number of oxazole rings is 1. The Kier molecular flexibility index (Phi) is 2.90. The molecule has 0 aliphatic carbocycles. The maximum Gasteiger partial charge on any atom is 0.331 e. The minimum atomic E-state index is -0.875. The van der Waals surface area contributed by atoms with Crippen molar-refractivity contribution in [1.29, 1.82) is 0 Å². The molecule has 18 heavy (non-hydrogen) atoms. The zero-order chi connectivity index (χ0) is 13.4. The largest absolute Gasteiger partial charge is 0.444 e. The van der Waals surface area contributed by atoms with E-state index in [1.54, 1.807) is 13.8 Å². The highest BCUT2D eigenvalue weighted by Gasteiger charge is 2.38. The molecule has 7 nitrogen and oxygen atoms in total. The molecule has 0 bridgehead atoms. The quantitative estimate of drug-likeness (QED) is 0.773. The second-order valence-electron chi connectivity index (χ2n) is 4.19. The van der Waals surface area contributed by atoms with E-state index < -0.39 is 23.8 Å². The van der Waals surface area contributed by atoms with Crippen molar-refractivity contribution in [3.8, 4) is 0 Å². The van der Waals surface area contributed by atoms with E-state index >= 15 is 0 Å². The van der Waals surface area contributed by atoms with Crippen molar-refractivity contribution < 1.29 is 18.8 Å². The third-order valence-corrected chi connectivity index (χ3v) is 2.87. The van der Waals surface area contributed by atoms with Gasteiger partial charge in [0.1, 0.15) is 18.2 Å². The molecular formula is C11H13N3O4. The fourth-order valence-electron chi connectivity index (χ4n) is 1.62. The topological polar surface area (TPSA) is 92.5 Å². The van der Waals surface area contributed by atoms with Gasteiger partial charge in [-0.1, -0.05) is 0 Å². The molecule has 2 rings (SSSR count). The summed E-state index contributed by atoms with van der Waals surface area (Å²) in [5.74, 6) is -1.09. The summed E-state index contributed by atoms with van der Waals surface area (Å²) in [5, 5.41) is 2.11. The van der Waals surface area contributed by atoms with Crippen LogP contribution in [-0.2, 0) is 16.1 Å². The van der Waals surface area contributed by atoms with E-state index in [1.165, 1.54) is 6.92 Å². The lowest BCUT2D eigenvalue weighted by Gasteiger charge is -2.27. The molecule has 1 aromatic heterocycles. The van der Waals surface area contributed by atoms with Crippen molar-refractivity contribution in [2.75, 3.05) is 0 Å². The fourth-order valence-corrected chi connectivity index (χ4v) is 1.62. The lowest BCUT2D eigenvalue weighted by atomic mass is 10.1. The number of amides is 4. The Balaban J connectivity index is 2.20. The summed E-state index contributed by atoms with van der Waals surface area (Å²) in [7, 11) is 0. The smallest absolute Gasteiger partial charge is 0.331 e. The van der Waals surface area contributed by atoms with Crippen LogP contribution in [0.25, 0.3) is 0 Å². The average molecular weight is 251 g/mol. The molecule has 1 fully saturated rings. The van der Waals surface area contributed by atoms with Crippen LogP contribution in [0.5, 0.6) is 0 Å². The van der Waals surface area contributed by atoms with Crippen LogP contribution >= 0.6 is 0 Å². The minimum absolute atomic E-state index is 0.0725. The molecule has 2 heterocycles.